The molecule has 92 valence electrons. The molecule has 5 heteroatoms. The Morgan fingerprint density at radius 3 is 1.38 bits per heavy atom. The van der Waals surface area contributed by atoms with Crippen LogP contribution in [-0.4, -0.2) is 40.8 Å². The smallest absolute Gasteiger partial charge is 0.135 e. The molecule has 0 aliphatic heterocycles. The van der Waals surface area contributed by atoms with Gasteiger partial charge in [-0.3, -0.25) is 14.4 Å². The maximum Gasteiger partial charge on any atom is 0.135 e. The lowest BCUT2D eigenvalue weighted by Crippen LogP contribution is -2.24. The summed E-state index contributed by atoms with van der Waals surface area (Å²) in [7, 11) is 0. The van der Waals surface area contributed by atoms with Crippen LogP contribution < -0.4 is 0 Å². The molecule has 0 bridgehead atoms. The van der Waals surface area contributed by atoms with Gasteiger partial charge in [-0.05, 0) is 13.8 Å². The van der Waals surface area contributed by atoms with Crippen molar-refractivity contribution in [3.63, 3.8) is 0 Å². The minimum atomic E-state index is -0.696. The second-order valence-electron chi connectivity index (χ2n) is 3.93. The molecule has 0 amide bonds. The van der Waals surface area contributed by atoms with Crippen LogP contribution in [0.4, 0.5) is 0 Å². The first-order valence-corrected chi connectivity index (χ1v) is 5.16. The number of carbonyl (C=O) groups is 3. The number of hydrogen-bond acceptors (Lipinski definition) is 5. The molecule has 0 rings (SSSR count). The molecular weight excluding hydrogens is 212 g/mol. The van der Waals surface area contributed by atoms with Gasteiger partial charge in [0.2, 0.25) is 0 Å². The van der Waals surface area contributed by atoms with Crippen LogP contribution in [0.15, 0.2) is 0 Å². The van der Waals surface area contributed by atoms with Crippen LogP contribution in [0.2, 0.25) is 0 Å². The van der Waals surface area contributed by atoms with Crippen molar-refractivity contribution >= 4 is 17.3 Å². The average molecular weight is 230 g/mol. The Balaban J connectivity index is 4.25. The third-order valence-corrected chi connectivity index (χ3v) is 2.54. The highest BCUT2D eigenvalue weighted by atomic mass is 16.3. The largest absolute Gasteiger partial charge is 0.396 e. The van der Waals surface area contributed by atoms with Crippen LogP contribution in [0.25, 0.3) is 0 Å². The fourth-order valence-corrected chi connectivity index (χ4v) is 1.31. The van der Waals surface area contributed by atoms with Gasteiger partial charge in [0.05, 0.1) is 13.2 Å². The molecule has 0 aromatic rings. The fourth-order valence-electron chi connectivity index (χ4n) is 1.31. The molecule has 2 unspecified atom stereocenters. The number of hydrogen-bond donors (Lipinski definition) is 2. The maximum absolute atomic E-state index is 11.5. The van der Waals surface area contributed by atoms with Crippen molar-refractivity contribution in [3.05, 3.63) is 0 Å². The second-order valence-corrected chi connectivity index (χ2v) is 3.93. The zero-order valence-corrected chi connectivity index (χ0v) is 9.60. The Morgan fingerprint density at radius 1 is 0.875 bits per heavy atom. The van der Waals surface area contributed by atoms with E-state index in [0.29, 0.717) is 0 Å². The number of rotatable bonds is 8. The molecule has 0 fully saturated rings. The van der Waals surface area contributed by atoms with Gasteiger partial charge in [0.15, 0.2) is 0 Å². The summed E-state index contributed by atoms with van der Waals surface area (Å²) in [5.41, 5.74) is 0. The van der Waals surface area contributed by atoms with E-state index in [1.54, 1.807) is 0 Å². The summed E-state index contributed by atoms with van der Waals surface area (Å²) in [4.78, 5) is 33.4. The molecule has 0 saturated carbocycles. The van der Waals surface area contributed by atoms with E-state index in [1.807, 2.05) is 0 Å². The first-order chi connectivity index (χ1) is 7.42. The van der Waals surface area contributed by atoms with Gasteiger partial charge in [-0.15, -0.1) is 0 Å². The first-order valence-electron chi connectivity index (χ1n) is 5.16. The van der Waals surface area contributed by atoms with E-state index < -0.39 is 11.8 Å². The Labute approximate surface area is 94.5 Å². The number of Topliss-reactive ketones (excluding diaryl/α,β-unsaturated/α-hetero) is 3. The topological polar surface area (TPSA) is 91.7 Å². The van der Waals surface area contributed by atoms with Crippen molar-refractivity contribution < 1.29 is 24.6 Å². The molecule has 0 spiro atoms. The van der Waals surface area contributed by atoms with Crippen molar-refractivity contribution in [3.8, 4) is 0 Å². The van der Waals surface area contributed by atoms with E-state index in [2.05, 4.69) is 0 Å². The Kier molecular flexibility index (Phi) is 6.76. The SMILES string of the molecule is CC(=O)C(CO)CC(=O)CC(CO)C(C)=O. The van der Waals surface area contributed by atoms with E-state index in [0.717, 1.165) is 0 Å². The van der Waals surface area contributed by atoms with E-state index >= 15 is 0 Å². The maximum atomic E-state index is 11.5. The lowest BCUT2D eigenvalue weighted by Gasteiger charge is -2.12. The predicted molar refractivity (Wildman–Crippen MR) is 56.8 cm³/mol. The third kappa shape index (κ3) is 5.14. The van der Waals surface area contributed by atoms with Gasteiger partial charge in [-0.25, -0.2) is 0 Å². The van der Waals surface area contributed by atoms with Crippen molar-refractivity contribution in [1.29, 1.82) is 0 Å². The van der Waals surface area contributed by atoms with Crippen LogP contribution >= 0.6 is 0 Å². The minimum absolute atomic E-state index is 0.0738. The molecule has 0 radical (unpaired) electrons. The molecule has 0 aliphatic rings. The third-order valence-electron chi connectivity index (χ3n) is 2.54. The minimum Gasteiger partial charge on any atom is -0.396 e. The Hall–Kier alpha value is -1.07. The predicted octanol–water partition coefficient (Wildman–Crippen LogP) is -0.269. The van der Waals surface area contributed by atoms with Crippen LogP contribution in [0.3, 0.4) is 0 Å². The molecule has 0 aromatic carbocycles. The van der Waals surface area contributed by atoms with Gasteiger partial charge in [0.1, 0.15) is 17.3 Å². The molecule has 5 nitrogen and oxygen atoms in total. The molecule has 0 aromatic heterocycles. The summed E-state index contributed by atoms with van der Waals surface area (Å²) in [5, 5.41) is 17.7. The van der Waals surface area contributed by atoms with E-state index in [9.17, 15) is 14.4 Å². The van der Waals surface area contributed by atoms with Crippen LogP contribution in [0.1, 0.15) is 26.7 Å². The average Bonchev–Trinajstić information content (AvgIpc) is 2.21. The van der Waals surface area contributed by atoms with Crippen LogP contribution in [0, 0.1) is 11.8 Å². The van der Waals surface area contributed by atoms with Crippen molar-refractivity contribution in [1.82, 2.24) is 0 Å². The molecule has 0 saturated heterocycles. The highest BCUT2D eigenvalue weighted by Gasteiger charge is 2.22. The van der Waals surface area contributed by atoms with E-state index in [-0.39, 0.29) is 43.4 Å². The molecular formula is C11H18O5. The zero-order chi connectivity index (χ0) is 12.7. The quantitative estimate of drug-likeness (QED) is 0.599. The monoisotopic (exact) mass is 230 g/mol. The molecule has 2 atom stereocenters. The standard InChI is InChI=1S/C11H18O5/c1-7(14)9(5-12)3-11(16)4-10(6-13)8(2)15/h9-10,12-13H,3-6H2,1-2H3. The van der Waals surface area contributed by atoms with Gasteiger partial charge >= 0.3 is 0 Å². The van der Waals surface area contributed by atoms with Crippen molar-refractivity contribution in [2.45, 2.75) is 26.7 Å². The summed E-state index contributed by atoms with van der Waals surface area (Å²) in [6, 6.07) is 0. The lowest BCUT2D eigenvalue weighted by atomic mass is 9.92. The normalized spacial score (nSPS) is 14.2. The molecule has 2 N–H and O–H groups in total. The summed E-state index contributed by atoms with van der Waals surface area (Å²) in [6.45, 7) is 1.88. The summed E-state index contributed by atoms with van der Waals surface area (Å²) < 4.78 is 0. The summed E-state index contributed by atoms with van der Waals surface area (Å²) in [6.07, 6.45) is -0.148. The number of aliphatic hydroxyl groups excluding tert-OH is 2. The van der Waals surface area contributed by atoms with Crippen LogP contribution in [0.5, 0.6) is 0 Å². The number of carbonyl (C=O) groups excluding carboxylic acids is 3. The van der Waals surface area contributed by atoms with Gasteiger partial charge in [0, 0.05) is 24.7 Å². The zero-order valence-electron chi connectivity index (χ0n) is 9.60. The Morgan fingerprint density at radius 2 is 1.19 bits per heavy atom. The van der Waals surface area contributed by atoms with Gasteiger partial charge in [-0.2, -0.15) is 0 Å². The van der Waals surface area contributed by atoms with Gasteiger partial charge < -0.3 is 10.2 Å². The lowest BCUT2D eigenvalue weighted by molar-refractivity contribution is -0.130. The number of ketones is 3. The van der Waals surface area contributed by atoms with Crippen molar-refractivity contribution in [2.24, 2.45) is 11.8 Å². The van der Waals surface area contributed by atoms with Gasteiger partial charge in [-0.1, -0.05) is 0 Å². The summed E-state index contributed by atoms with van der Waals surface area (Å²) >= 11 is 0. The first kappa shape index (κ1) is 14.9. The highest BCUT2D eigenvalue weighted by molar-refractivity contribution is 5.90. The number of aliphatic hydroxyl groups is 2. The van der Waals surface area contributed by atoms with E-state index in [4.69, 9.17) is 10.2 Å². The second kappa shape index (κ2) is 7.24. The molecule has 0 aliphatic carbocycles. The van der Waals surface area contributed by atoms with Crippen molar-refractivity contribution in [2.75, 3.05) is 13.2 Å². The summed E-state index contributed by atoms with van der Waals surface area (Å²) in [5.74, 6) is -2.18. The Bertz CT molecular complexity index is 246. The molecule has 16 heavy (non-hydrogen) atoms. The van der Waals surface area contributed by atoms with Gasteiger partial charge in [0.25, 0.3) is 0 Å². The fraction of sp³-hybridized carbons (Fsp3) is 0.727. The highest BCUT2D eigenvalue weighted by Crippen LogP contribution is 2.11. The van der Waals surface area contributed by atoms with E-state index in [1.165, 1.54) is 13.8 Å². The van der Waals surface area contributed by atoms with Crippen LogP contribution in [-0.2, 0) is 14.4 Å². The molecule has 0 heterocycles.